The molecule has 1 fully saturated rings. The molecule has 0 saturated carbocycles. The maximum atomic E-state index is 13.4. The molecule has 2 aromatic rings. The van der Waals surface area contributed by atoms with E-state index in [-0.39, 0.29) is 11.3 Å². The van der Waals surface area contributed by atoms with Gasteiger partial charge in [0.05, 0.1) is 11.3 Å². The number of thiophene rings is 1. The molecule has 2 aliphatic carbocycles. The summed E-state index contributed by atoms with van der Waals surface area (Å²) in [6, 6.07) is 0. The second-order valence-electron chi connectivity index (χ2n) is 8.16. The van der Waals surface area contributed by atoms with Gasteiger partial charge < -0.3 is 4.90 Å². The monoisotopic (exact) mass is 367 g/mol. The van der Waals surface area contributed by atoms with Gasteiger partial charge in [-0.15, -0.1) is 11.3 Å². The zero-order valence-corrected chi connectivity index (χ0v) is 16.2. The van der Waals surface area contributed by atoms with Crippen LogP contribution in [0.4, 0.5) is 0 Å². The molecule has 1 aliphatic heterocycles. The Morgan fingerprint density at radius 2 is 2.08 bits per heavy atom. The summed E-state index contributed by atoms with van der Waals surface area (Å²) in [4.78, 5) is 26.1. The Bertz CT molecular complexity index is 870. The molecule has 1 unspecified atom stereocenters. The minimum Gasteiger partial charge on any atom is -0.338 e. The molecular weight excluding hydrogens is 342 g/mol. The first kappa shape index (κ1) is 16.4. The van der Waals surface area contributed by atoms with E-state index in [1.165, 1.54) is 34.5 Å². The van der Waals surface area contributed by atoms with Gasteiger partial charge in [-0.1, -0.05) is 0 Å². The first-order valence-corrected chi connectivity index (χ1v) is 10.8. The molecule has 1 atom stereocenters. The molecular formula is C21H25N3OS. The average molecular weight is 368 g/mol. The third-order valence-corrected chi connectivity index (χ3v) is 7.60. The molecule has 2 aromatic heterocycles. The van der Waals surface area contributed by atoms with Crippen molar-refractivity contribution in [3.8, 4) is 0 Å². The van der Waals surface area contributed by atoms with Gasteiger partial charge in [-0.05, 0) is 69.4 Å². The van der Waals surface area contributed by atoms with Crippen molar-refractivity contribution in [3.63, 3.8) is 0 Å². The Kier molecular flexibility index (Phi) is 3.89. The van der Waals surface area contributed by atoms with Crippen molar-refractivity contribution >= 4 is 17.2 Å². The Morgan fingerprint density at radius 1 is 1.19 bits per heavy atom. The van der Waals surface area contributed by atoms with Crippen LogP contribution in [0.25, 0.3) is 0 Å². The zero-order chi connectivity index (χ0) is 17.7. The Morgan fingerprint density at radius 3 is 3.00 bits per heavy atom. The SMILES string of the molecule is Cc1ncc2c(n1)C1(CCCN(C(=O)c3csc4c3CCCC4)C1)CC2. The van der Waals surface area contributed by atoms with Crippen molar-refractivity contribution in [2.75, 3.05) is 13.1 Å². The van der Waals surface area contributed by atoms with Gasteiger partial charge in [-0.2, -0.15) is 0 Å². The Labute approximate surface area is 158 Å². The highest BCUT2D eigenvalue weighted by atomic mass is 32.1. The van der Waals surface area contributed by atoms with E-state index in [9.17, 15) is 4.79 Å². The summed E-state index contributed by atoms with van der Waals surface area (Å²) in [5.74, 6) is 1.10. The molecule has 0 aromatic carbocycles. The predicted molar refractivity (Wildman–Crippen MR) is 103 cm³/mol. The second-order valence-corrected chi connectivity index (χ2v) is 9.12. The van der Waals surface area contributed by atoms with Crippen LogP contribution in [0.15, 0.2) is 11.6 Å². The summed E-state index contributed by atoms with van der Waals surface area (Å²) < 4.78 is 0. The van der Waals surface area contributed by atoms with Crippen molar-refractivity contribution in [1.29, 1.82) is 0 Å². The van der Waals surface area contributed by atoms with Crippen LogP contribution >= 0.6 is 11.3 Å². The number of rotatable bonds is 1. The highest BCUT2D eigenvalue weighted by Crippen LogP contribution is 2.44. The summed E-state index contributed by atoms with van der Waals surface area (Å²) in [6.45, 7) is 3.67. The zero-order valence-electron chi connectivity index (χ0n) is 15.4. The van der Waals surface area contributed by atoms with E-state index in [4.69, 9.17) is 4.98 Å². The number of carbonyl (C=O) groups is 1. The van der Waals surface area contributed by atoms with Gasteiger partial charge >= 0.3 is 0 Å². The number of likely N-dealkylation sites (tertiary alicyclic amines) is 1. The van der Waals surface area contributed by atoms with E-state index < -0.39 is 0 Å². The van der Waals surface area contributed by atoms with E-state index >= 15 is 0 Å². The number of aromatic nitrogens is 2. The summed E-state index contributed by atoms with van der Waals surface area (Å²) >= 11 is 1.79. The molecule has 4 nitrogen and oxygen atoms in total. The van der Waals surface area contributed by atoms with Gasteiger partial charge in [0.2, 0.25) is 0 Å². The topological polar surface area (TPSA) is 46.1 Å². The fraction of sp³-hybridized carbons (Fsp3) is 0.571. The van der Waals surface area contributed by atoms with Crippen LogP contribution < -0.4 is 0 Å². The molecule has 5 heteroatoms. The molecule has 0 N–H and O–H groups in total. The minimum atomic E-state index is 0.0486. The fourth-order valence-electron chi connectivity index (χ4n) is 5.18. The second kappa shape index (κ2) is 6.15. The minimum absolute atomic E-state index is 0.0486. The molecule has 0 bridgehead atoms. The van der Waals surface area contributed by atoms with Crippen LogP contribution in [0.3, 0.4) is 0 Å². The van der Waals surface area contributed by atoms with Crippen molar-refractivity contribution in [2.24, 2.45) is 0 Å². The van der Waals surface area contributed by atoms with Crippen LogP contribution in [-0.4, -0.2) is 33.9 Å². The molecule has 1 amide bonds. The van der Waals surface area contributed by atoms with Crippen LogP contribution in [0, 0.1) is 6.92 Å². The van der Waals surface area contributed by atoms with E-state index in [0.29, 0.717) is 0 Å². The fourth-order valence-corrected chi connectivity index (χ4v) is 6.30. The summed E-state index contributed by atoms with van der Waals surface area (Å²) in [5.41, 5.74) is 4.88. The van der Waals surface area contributed by atoms with Gasteiger partial charge in [-0.3, -0.25) is 4.79 Å². The highest BCUT2D eigenvalue weighted by Gasteiger charge is 2.45. The first-order valence-electron chi connectivity index (χ1n) is 9.88. The number of fused-ring (bicyclic) bond motifs is 3. The lowest BCUT2D eigenvalue weighted by atomic mass is 9.77. The number of amides is 1. The van der Waals surface area contributed by atoms with Crippen molar-refractivity contribution in [3.05, 3.63) is 44.7 Å². The van der Waals surface area contributed by atoms with E-state index in [1.54, 1.807) is 11.3 Å². The summed E-state index contributed by atoms with van der Waals surface area (Å²) in [6.07, 6.45) is 11.1. The van der Waals surface area contributed by atoms with Gasteiger partial charge in [0.1, 0.15) is 5.82 Å². The molecule has 3 aliphatic rings. The normalized spacial score (nSPS) is 24.6. The quantitative estimate of drug-likeness (QED) is 0.769. The molecule has 1 spiro atoms. The van der Waals surface area contributed by atoms with Crippen molar-refractivity contribution < 1.29 is 4.79 Å². The summed E-state index contributed by atoms with van der Waals surface area (Å²) in [5, 5.41) is 2.12. The number of carbonyl (C=O) groups excluding carboxylic acids is 1. The molecule has 136 valence electrons. The number of nitrogens with zero attached hydrogens (tertiary/aromatic N) is 3. The lowest BCUT2D eigenvalue weighted by Gasteiger charge is -2.40. The summed E-state index contributed by atoms with van der Waals surface area (Å²) in [7, 11) is 0. The van der Waals surface area contributed by atoms with Crippen molar-refractivity contribution in [1.82, 2.24) is 14.9 Å². The number of piperidine rings is 1. The van der Waals surface area contributed by atoms with Crippen LogP contribution in [0.1, 0.15) is 70.0 Å². The third-order valence-electron chi connectivity index (χ3n) is 6.52. The van der Waals surface area contributed by atoms with Crippen LogP contribution in [-0.2, 0) is 24.7 Å². The van der Waals surface area contributed by atoms with Crippen LogP contribution in [0.5, 0.6) is 0 Å². The van der Waals surface area contributed by atoms with Gasteiger partial charge in [0, 0.05) is 35.0 Å². The van der Waals surface area contributed by atoms with E-state index in [2.05, 4.69) is 15.3 Å². The standard InChI is InChI=1S/C21H25N3OS/c1-14-22-11-15-7-9-21(19(15)23-14)8-4-10-24(13-21)20(25)17-12-26-18-6-3-2-5-16(17)18/h11-12H,2-10,13H2,1H3. The maximum absolute atomic E-state index is 13.4. The smallest absolute Gasteiger partial charge is 0.255 e. The van der Waals surface area contributed by atoms with Crippen molar-refractivity contribution in [2.45, 2.75) is 63.7 Å². The Balaban J connectivity index is 1.45. The van der Waals surface area contributed by atoms with Gasteiger partial charge in [0.25, 0.3) is 5.91 Å². The predicted octanol–water partition coefficient (Wildman–Crippen LogP) is 3.85. The van der Waals surface area contributed by atoms with E-state index in [1.807, 2.05) is 13.1 Å². The third kappa shape index (κ3) is 2.51. The molecule has 5 rings (SSSR count). The number of hydrogen-bond donors (Lipinski definition) is 0. The highest BCUT2D eigenvalue weighted by molar-refractivity contribution is 7.10. The largest absolute Gasteiger partial charge is 0.338 e. The number of aryl methyl sites for hydroxylation is 3. The van der Waals surface area contributed by atoms with Gasteiger partial charge in [-0.25, -0.2) is 9.97 Å². The maximum Gasteiger partial charge on any atom is 0.255 e. The lowest BCUT2D eigenvalue weighted by molar-refractivity contribution is 0.0632. The average Bonchev–Trinajstić information content (AvgIpc) is 3.24. The lowest BCUT2D eigenvalue weighted by Crippen LogP contribution is -2.48. The number of hydrogen-bond acceptors (Lipinski definition) is 4. The van der Waals surface area contributed by atoms with Crippen LogP contribution in [0.2, 0.25) is 0 Å². The Hall–Kier alpha value is -1.75. The van der Waals surface area contributed by atoms with E-state index in [0.717, 1.165) is 63.0 Å². The van der Waals surface area contributed by atoms with Gasteiger partial charge in [0.15, 0.2) is 0 Å². The molecule has 0 radical (unpaired) electrons. The molecule has 1 saturated heterocycles. The first-order chi connectivity index (χ1) is 12.7. The molecule has 26 heavy (non-hydrogen) atoms. The molecule has 3 heterocycles.